The third kappa shape index (κ3) is 5.49. The van der Waals surface area contributed by atoms with Gasteiger partial charge in [0.25, 0.3) is 0 Å². The van der Waals surface area contributed by atoms with Crippen molar-refractivity contribution in [3.8, 4) is 0 Å². The van der Waals surface area contributed by atoms with Gasteiger partial charge in [0.15, 0.2) is 5.96 Å². The molecule has 0 aromatic carbocycles. The molecule has 0 amide bonds. The molecule has 23 heavy (non-hydrogen) atoms. The van der Waals surface area contributed by atoms with E-state index in [0.29, 0.717) is 6.54 Å². The first-order chi connectivity index (χ1) is 10.7. The number of guanidine groups is 1. The van der Waals surface area contributed by atoms with Gasteiger partial charge >= 0.3 is 0 Å². The summed E-state index contributed by atoms with van der Waals surface area (Å²) in [5.74, 6) is 0.986. The molecule has 1 saturated carbocycles. The van der Waals surface area contributed by atoms with Gasteiger partial charge in [0.1, 0.15) is 9.84 Å². The lowest BCUT2D eigenvalue weighted by Gasteiger charge is -2.25. The molecule has 2 N–H and O–H groups in total. The van der Waals surface area contributed by atoms with Gasteiger partial charge in [0, 0.05) is 42.1 Å². The minimum atomic E-state index is -2.94. The first-order valence-electron chi connectivity index (χ1n) is 7.82. The highest BCUT2D eigenvalue weighted by atomic mass is 32.2. The summed E-state index contributed by atoms with van der Waals surface area (Å²) in [6, 6.07) is 4.21. The molecule has 7 heteroatoms. The van der Waals surface area contributed by atoms with Gasteiger partial charge in [-0.2, -0.15) is 0 Å². The van der Waals surface area contributed by atoms with Crippen molar-refractivity contribution in [3.05, 3.63) is 22.4 Å². The standard InChI is InChI=1S/C16H27N3O2S2/c1-15(2,13-6-5-9-22-13)10-18-14(17-3)19-11-16(7-8-16)12-23(4,20)21/h5-6,9H,7-8,10-12H2,1-4H3,(H2,17,18,19). The van der Waals surface area contributed by atoms with Crippen molar-refractivity contribution < 1.29 is 8.42 Å². The summed E-state index contributed by atoms with van der Waals surface area (Å²) < 4.78 is 23.0. The molecule has 5 nitrogen and oxygen atoms in total. The van der Waals surface area contributed by atoms with Gasteiger partial charge in [-0.1, -0.05) is 19.9 Å². The molecule has 0 spiro atoms. The van der Waals surface area contributed by atoms with Crippen LogP contribution in [0.15, 0.2) is 22.5 Å². The Hall–Kier alpha value is -1.08. The molecule has 1 aliphatic carbocycles. The molecule has 1 heterocycles. The molecular weight excluding hydrogens is 330 g/mol. The number of sulfone groups is 1. The molecule has 0 atom stereocenters. The lowest BCUT2D eigenvalue weighted by Crippen LogP contribution is -2.45. The zero-order chi connectivity index (χ0) is 17.1. The van der Waals surface area contributed by atoms with Gasteiger partial charge in [-0.15, -0.1) is 11.3 Å². The summed E-state index contributed by atoms with van der Waals surface area (Å²) in [5, 5.41) is 8.74. The summed E-state index contributed by atoms with van der Waals surface area (Å²) in [7, 11) is -1.20. The van der Waals surface area contributed by atoms with Gasteiger partial charge in [-0.25, -0.2) is 8.42 Å². The fourth-order valence-electron chi connectivity index (χ4n) is 2.65. The highest BCUT2D eigenvalue weighted by Crippen LogP contribution is 2.46. The molecule has 130 valence electrons. The van der Waals surface area contributed by atoms with Gasteiger partial charge in [-0.3, -0.25) is 4.99 Å². The third-order valence-corrected chi connectivity index (χ3v) is 6.64. The van der Waals surface area contributed by atoms with E-state index in [2.05, 4.69) is 47.0 Å². The number of rotatable bonds is 7. The van der Waals surface area contributed by atoms with E-state index < -0.39 is 9.84 Å². The second-order valence-electron chi connectivity index (χ2n) is 7.21. The van der Waals surface area contributed by atoms with Crippen molar-refractivity contribution in [2.75, 3.05) is 32.1 Å². The number of nitrogens with one attached hydrogen (secondary N) is 2. The van der Waals surface area contributed by atoms with Crippen molar-refractivity contribution in [2.24, 2.45) is 10.4 Å². The summed E-state index contributed by atoms with van der Waals surface area (Å²) in [5.41, 5.74) is -0.0791. The van der Waals surface area contributed by atoms with E-state index >= 15 is 0 Å². The van der Waals surface area contributed by atoms with Crippen molar-refractivity contribution >= 4 is 27.1 Å². The van der Waals surface area contributed by atoms with Crippen LogP contribution < -0.4 is 10.6 Å². The van der Waals surface area contributed by atoms with Crippen LogP contribution in [0.25, 0.3) is 0 Å². The number of hydrogen-bond donors (Lipinski definition) is 2. The summed E-state index contributed by atoms with van der Waals surface area (Å²) in [6.07, 6.45) is 3.24. The average molecular weight is 358 g/mol. The van der Waals surface area contributed by atoms with Crippen LogP contribution in [-0.4, -0.2) is 46.5 Å². The zero-order valence-electron chi connectivity index (χ0n) is 14.3. The predicted molar refractivity (Wildman–Crippen MR) is 98.1 cm³/mol. The molecule has 2 rings (SSSR count). The minimum absolute atomic E-state index is 0.0236. The van der Waals surface area contributed by atoms with Crippen LogP contribution in [0.5, 0.6) is 0 Å². The van der Waals surface area contributed by atoms with E-state index in [4.69, 9.17) is 0 Å². The Morgan fingerprint density at radius 3 is 2.57 bits per heavy atom. The first kappa shape index (κ1) is 18.3. The van der Waals surface area contributed by atoms with E-state index in [1.54, 1.807) is 18.4 Å². The van der Waals surface area contributed by atoms with E-state index in [9.17, 15) is 8.42 Å². The van der Waals surface area contributed by atoms with Gasteiger partial charge in [0.2, 0.25) is 0 Å². The Morgan fingerprint density at radius 1 is 1.39 bits per heavy atom. The Kier molecular flexibility index (Phi) is 5.41. The van der Waals surface area contributed by atoms with Crippen molar-refractivity contribution in [3.63, 3.8) is 0 Å². The highest BCUT2D eigenvalue weighted by molar-refractivity contribution is 7.90. The summed E-state index contributed by atoms with van der Waals surface area (Å²) in [6.45, 7) is 5.82. The maximum atomic E-state index is 11.5. The third-order valence-electron chi connectivity index (χ3n) is 4.27. The second kappa shape index (κ2) is 6.81. The van der Waals surface area contributed by atoms with E-state index in [0.717, 1.165) is 25.3 Å². The summed E-state index contributed by atoms with van der Waals surface area (Å²) in [4.78, 5) is 5.58. The van der Waals surface area contributed by atoms with Crippen molar-refractivity contribution in [2.45, 2.75) is 32.1 Å². The molecule has 0 bridgehead atoms. The van der Waals surface area contributed by atoms with Crippen LogP contribution in [0.3, 0.4) is 0 Å². The number of nitrogens with zero attached hydrogens (tertiary/aromatic N) is 1. The van der Waals surface area contributed by atoms with Crippen LogP contribution in [0, 0.1) is 5.41 Å². The van der Waals surface area contributed by atoms with Crippen LogP contribution in [0.1, 0.15) is 31.6 Å². The van der Waals surface area contributed by atoms with Crippen molar-refractivity contribution in [1.29, 1.82) is 0 Å². The smallest absolute Gasteiger partial charge is 0.191 e. The largest absolute Gasteiger partial charge is 0.356 e. The normalized spacial score (nSPS) is 17.8. The van der Waals surface area contributed by atoms with Gasteiger partial charge in [0.05, 0.1) is 5.75 Å². The molecule has 1 aromatic heterocycles. The zero-order valence-corrected chi connectivity index (χ0v) is 16.0. The Balaban J connectivity index is 1.85. The molecule has 1 fully saturated rings. The number of hydrogen-bond acceptors (Lipinski definition) is 4. The molecule has 0 aliphatic heterocycles. The monoisotopic (exact) mass is 357 g/mol. The molecule has 1 aliphatic rings. The Bertz CT molecular complexity index is 645. The maximum absolute atomic E-state index is 11.5. The van der Waals surface area contributed by atoms with Gasteiger partial charge in [-0.05, 0) is 24.3 Å². The molecule has 1 aromatic rings. The average Bonchev–Trinajstić information content (AvgIpc) is 2.98. The van der Waals surface area contributed by atoms with Crippen LogP contribution in [0.2, 0.25) is 0 Å². The fraction of sp³-hybridized carbons (Fsp3) is 0.688. The van der Waals surface area contributed by atoms with Crippen LogP contribution >= 0.6 is 11.3 Å². The highest BCUT2D eigenvalue weighted by Gasteiger charge is 2.45. The van der Waals surface area contributed by atoms with Gasteiger partial charge < -0.3 is 10.6 Å². The first-order valence-corrected chi connectivity index (χ1v) is 10.8. The van der Waals surface area contributed by atoms with E-state index in [1.807, 2.05) is 0 Å². The second-order valence-corrected chi connectivity index (χ2v) is 10.3. The molecule has 0 unspecified atom stereocenters. The summed E-state index contributed by atoms with van der Waals surface area (Å²) >= 11 is 1.76. The molecular formula is C16H27N3O2S2. The predicted octanol–water partition coefficient (Wildman–Crippen LogP) is 2.02. The van der Waals surface area contributed by atoms with Crippen LogP contribution in [0.4, 0.5) is 0 Å². The SMILES string of the molecule is CN=C(NCC1(CS(C)(=O)=O)CC1)NCC(C)(C)c1cccs1. The van der Waals surface area contributed by atoms with Crippen LogP contribution in [-0.2, 0) is 15.3 Å². The Morgan fingerprint density at radius 2 is 2.09 bits per heavy atom. The molecule has 0 saturated heterocycles. The minimum Gasteiger partial charge on any atom is -0.356 e. The van der Waals surface area contributed by atoms with Crippen molar-refractivity contribution in [1.82, 2.24) is 10.6 Å². The lowest BCUT2D eigenvalue weighted by atomic mass is 9.91. The quantitative estimate of drug-likeness (QED) is 0.578. The fourth-order valence-corrected chi connectivity index (χ4v) is 5.01. The lowest BCUT2D eigenvalue weighted by molar-refractivity contribution is 0.505. The number of aliphatic imine (C=N–C) groups is 1. The van der Waals surface area contributed by atoms with E-state index in [1.165, 1.54) is 11.1 Å². The maximum Gasteiger partial charge on any atom is 0.191 e. The molecule has 0 radical (unpaired) electrons. The number of thiophene rings is 1. The van der Waals surface area contributed by atoms with E-state index in [-0.39, 0.29) is 16.6 Å². The topological polar surface area (TPSA) is 70.6 Å². The Labute approximate surface area is 143 Å².